The van der Waals surface area contributed by atoms with E-state index in [4.69, 9.17) is 15.2 Å². The number of rotatable bonds is 8. The molecule has 1 rings (SSSR count). The van der Waals surface area contributed by atoms with E-state index in [0.717, 1.165) is 24.9 Å². The molecular formula is C14H29NO2. The van der Waals surface area contributed by atoms with Crippen LogP contribution in [0.1, 0.15) is 45.4 Å². The molecular weight excluding hydrogens is 214 g/mol. The first-order valence-corrected chi connectivity index (χ1v) is 7.10. The smallest absolute Gasteiger partial charge is 0.0700 e. The summed E-state index contributed by atoms with van der Waals surface area (Å²) in [6, 6.07) is 0.428. The highest BCUT2D eigenvalue weighted by Gasteiger charge is 2.26. The van der Waals surface area contributed by atoms with Gasteiger partial charge in [-0.05, 0) is 43.9 Å². The maximum absolute atomic E-state index is 6.20. The molecule has 3 atom stereocenters. The van der Waals surface area contributed by atoms with Crippen molar-refractivity contribution in [1.29, 1.82) is 0 Å². The second-order valence-corrected chi connectivity index (χ2v) is 5.26. The van der Waals surface area contributed by atoms with Crippen LogP contribution in [0.5, 0.6) is 0 Å². The van der Waals surface area contributed by atoms with Crippen molar-refractivity contribution in [1.82, 2.24) is 0 Å². The molecule has 1 aliphatic rings. The summed E-state index contributed by atoms with van der Waals surface area (Å²) in [6.07, 6.45) is 7.55. The van der Waals surface area contributed by atoms with Gasteiger partial charge in [-0.1, -0.05) is 13.3 Å². The summed E-state index contributed by atoms with van der Waals surface area (Å²) in [4.78, 5) is 0. The summed E-state index contributed by atoms with van der Waals surface area (Å²) in [5.41, 5.74) is 6.20. The maximum Gasteiger partial charge on any atom is 0.0700 e. The van der Waals surface area contributed by atoms with E-state index in [-0.39, 0.29) is 0 Å². The number of nitrogens with two attached hydrogens (primary N) is 1. The second-order valence-electron chi connectivity index (χ2n) is 5.26. The fourth-order valence-corrected chi connectivity index (χ4v) is 2.78. The van der Waals surface area contributed by atoms with E-state index in [0.29, 0.717) is 19.3 Å². The Morgan fingerprint density at radius 3 is 2.71 bits per heavy atom. The molecule has 17 heavy (non-hydrogen) atoms. The van der Waals surface area contributed by atoms with Crippen LogP contribution in [-0.4, -0.2) is 33.0 Å². The van der Waals surface area contributed by atoms with Gasteiger partial charge in [-0.2, -0.15) is 0 Å². The van der Waals surface area contributed by atoms with Crippen molar-refractivity contribution >= 4 is 0 Å². The molecule has 1 saturated carbocycles. The number of hydrogen-bond donors (Lipinski definition) is 1. The lowest BCUT2D eigenvalue weighted by Crippen LogP contribution is -2.36. The molecule has 2 N–H and O–H groups in total. The molecule has 0 aromatic carbocycles. The highest BCUT2D eigenvalue weighted by atomic mass is 16.5. The van der Waals surface area contributed by atoms with Crippen molar-refractivity contribution < 1.29 is 9.47 Å². The van der Waals surface area contributed by atoms with E-state index in [1.165, 1.54) is 32.1 Å². The van der Waals surface area contributed by atoms with Gasteiger partial charge in [0.1, 0.15) is 0 Å². The molecule has 0 amide bonds. The molecule has 0 saturated heterocycles. The van der Waals surface area contributed by atoms with Crippen molar-refractivity contribution in [2.75, 3.05) is 26.9 Å². The Kier molecular flexibility index (Phi) is 7.82. The molecule has 0 aromatic rings. The fraction of sp³-hybridized carbons (Fsp3) is 1.00. The monoisotopic (exact) mass is 243 g/mol. The van der Waals surface area contributed by atoms with Gasteiger partial charge in [0.25, 0.3) is 0 Å². The topological polar surface area (TPSA) is 44.5 Å². The molecule has 3 heteroatoms. The first-order valence-electron chi connectivity index (χ1n) is 7.10. The van der Waals surface area contributed by atoms with Crippen LogP contribution in [0, 0.1) is 11.8 Å². The Morgan fingerprint density at radius 1 is 1.18 bits per heavy atom. The number of methoxy groups -OCH3 is 1. The van der Waals surface area contributed by atoms with Crippen LogP contribution in [0.4, 0.5) is 0 Å². The fourth-order valence-electron chi connectivity index (χ4n) is 2.78. The van der Waals surface area contributed by atoms with Gasteiger partial charge >= 0.3 is 0 Å². The van der Waals surface area contributed by atoms with Crippen LogP contribution in [0.25, 0.3) is 0 Å². The van der Waals surface area contributed by atoms with Crippen LogP contribution < -0.4 is 5.73 Å². The van der Waals surface area contributed by atoms with Gasteiger partial charge in [0, 0.05) is 19.8 Å². The third kappa shape index (κ3) is 5.84. The highest BCUT2D eigenvalue weighted by molar-refractivity contribution is 4.81. The molecule has 1 fully saturated rings. The predicted octanol–water partition coefficient (Wildman–Crippen LogP) is 2.58. The average Bonchev–Trinajstić information content (AvgIpc) is 2.35. The highest BCUT2D eigenvalue weighted by Crippen LogP contribution is 2.32. The maximum atomic E-state index is 6.20. The van der Waals surface area contributed by atoms with Gasteiger partial charge < -0.3 is 15.2 Å². The minimum atomic E-state index is 0.428. The first-order chi connectivity index (χ1) is 8.27. The summed E-state index contributed by atoms with van der Waals surface area (Å²) in [7, 11) is 1.70. The SMILES string of the molecule is CCC1CCC(N)C(CCCOCCOC)C1. The van der Waals surface area contributed by atoms with Gasteiger partial charge in [-0.25, -0.2) is 0 Å². The van der Waals surface area contributed by atoms with E-state index in [9.17, 15) is 0 Å². The Hall–Kier alpha value is -0.120. The van der Waals surface area contributed by atoms with Crippen LogP contribution in [-0.2, 0) is 9.47 Å². The molecule has 3 unspecified atom stereocenters. The van der Waals surface area contributed by atoms with Gasteiger partial charge in [-0.3, -0.25) is 0 Å². The van der Waals surface area contributed by atoms with E-state index < -0.39 is 0 Å². The third-order valence-electron chi connectivity index (χ3n) is 4.02. The van der Waals surface area contributed by atoms with Crippen molar-refractivity contribution in [2.24, 2.45) is 17.6 Å². The molecule has 102 valence electrons. The van der Waals surface area contributed by atoms with E-state index in [1.807, 2.05) is 0 Å². The van der Waals surface area contributed by atoms with Crippen LogP contribution in [0.15, 0.2) is 0 Å². The first kappa shape index (κ1) is 14.9. The van der Waals surface area contributed by atoms with Crippen LogP contribution in [0.3, 0.4) is 0 Å². The Morgan fingerprint density at radius 2 is 2.00 bits per heavy atom. The van der Waals surface area contributed by atoms with Crippen LogP contribution >= 0.6 is 0 Å². The normalized spacial score (nSPS) is 29.5. The largest absolute Gasteiger partial charge is 0.382 e. The molecule has 0 radical (unpaired) electrons. The van der Waals surface area contributed by atoms with Gasteiger partial charge in [-0.15, -0.1) is 0 Å². The lowest BCUT2D eigenvalue weighted by atomic mass is 9.75. The summed E-state index contributed by atoms with van der Waals surface area (Å²) in [5.74, 6) is 1.63. The van der Waals surface area contributed by atoms with Crippen molar-refractivity contribution in [3.63, 3.8) is 0 Å². The van der Waals surface area contributed by atoms with E-state index >= 15 is 0 Å². The lowest BCUT2D eigenvalue weighted by Gasteiger charge is -2.33. The number of ether oxygens (including phenoxy) is 2. The molecule has 0 aliphatic heterocycles. The Bertz CT molecular complexity index is 187. The third-order valence-corrected chi connectivity index (χ3v) is 4.02. The van der Waals surface area contributed by atoms with Crippen LogP contribution in [0.2, 0.25) is 0 Å². The quantitative estimate of drug-likeness (QED) is 0.666. The minimum Gasteiger partial charge on any atom is -0.382 e. The minimum absolute atomic E-state index is 0.428. The van der Waals surface area contributed by atoms with Gasteiger partial charge in [0.2, 0.25) is 0 Å². The molecule has 0 spiro atoms. The Labute approximate surface area is 106 Å². The molecule has 1 aliphatic carbocycles. The van der Waals surface area contributed by atoms with Gasteiger partial charge in [0.15, 0.2) is 0 Å². The summed E-state index contributed by atoms with van der Waals surface area (Å²) in [5, 5.41) is 0. The molecule has 0 heterocycles. The average molecular weight is 243 g/mol. The molecule has 0 bridgehead atoms. The standard InChI is InChI=1S/C14H29NO2/c1-3-12-6-7-14(15)13(11-12)5-4-8-17-10-9-16-2/h12-14H,3-11,15H2,1-2H3. The molecule has 3 nitrogen and oxygen atoms in total. The zero-order valence-corrected chi connectivity index (χ0v) is 11.5. The second kappa shape index (κ2) is 8.90. The summed E-state index contributed by atoms with van der Waals surface area (Å²) < 4.78 is 10.4. The summed E-state index contributed by atoms with van der Waals surface area (Å²) in [6.45, 7) is 4.56. The van der Waals surface area contributed by atoms with E-state index in [2.05, 4.69) is 6.92 Å². The number of hydrogen-bond acceptors (Lipinski definition) is 3. The zero-order valence-electron chi connectivity index (χ0n) is 11.5. The van der Waals surface area contributed by atoms with Gasteiger partial charge in [0.05, 0.1) is 13.2 Å². The lowest BCUT2D eigenvalue weighted by molar-refractivity contribution is 0.0650. The van der Waals surface area contributed by atoms with Crippen molar-refractivity contribution in [3.05, 3.63) is 0 Å². The predicted molar refractivity (Wildman–Crippen MR) is 71.0 cm³/mol. The molecule has 0 aromatic heterocycles. The zero-order chi connectivity index (χ0) is 12.5. The summed E-state index contributed by atoms with van der Waals surface area (Å²) >= 11 is 0. The van der Waals surface area contributed by atoms with Crippen molar-refractivity contribution in [3.8, 4) is 0 Å². The van der Waals surface area contributed by atoms with Crippen molar-refractivity contribution in [2.45, 2.75) is 51.5 Å². The Balaban J connectivity index is 2.07. The van der Waals surface area contributed by atoms with E-state index in [1.54, 1.807) is 7.11 Å².